The van der Waals surface area contributed by atoms with Crippen LogP contribution in [0.2, 0.25) is 0 Å². The van der Waals surface area contributed by atoms with Crippen molar-refractivity contribution in [1.29, 1.82) is 0 Å². The molecule has 0 bridgehead atoms. The lowest BCUT2D eigenvalue weighted by Crippen LogP contribution is -2.30. The first-order chi connectivity index (χ1) is 13.4. The van der Waals surface area contributed by atoms with Crippen molar-refractivity contribution in [2.45, 2.75) is 27.3 Å². The first-order valence-corrected chi connectivity index (χ1v) is 9.01. The maximum atomic E-state index is 12.4. The highest BCUT2D eigenvalue weighted by Crippen LogP contribution is 2.29. The van der Waals surface area contributed by atoms with E-state index in [2.05, 4.69) is 0 Å². The highest BCUT2D eigenvalue weighted by molar-refractivity contribution is 5.97. The van der Waals surface area contributed by atoms with Crippen molar-refractivity contribution in [3.8, 4) is 5.75 Å². The van der Waals surface area contributed by atoms with Crippen LogP contribution in [0.3, 0.4) is 0 Å². The number of furan rings is 2. The van der Waals surface area contributed by atoms with E-state index in [4.69, 9.17) is 18.3 Å². The molecule has 3 rings (SSSR count). The summed E-state index contributed by atoms with van der Waals surface area (Å²) in [5, 5.41) is 0.773. The van der Waals surface area contributed by atoms with Crippen LogP contribution < -0.4 is 4.74 Å². The van der Waals surface area contributed by atoms with Crippen LogP contribution in [0, 0.1) is 13.8 Å². The number of carbonyl (C=O) groups excluding carboxylic acids is 2. The quantitative estimate of drug-likeness (QED) is 0.575. The molecule has 7 nitrogen and oxygen atoms in total. The molecule has 2 aromatic heterocycles. The van der Waals surface area contributed by atoms with Gasteiger partial charge in [0.1, 0.15) is 22.9 Å². The SMILES string of the molecule is CCOc1ccc2oc(C(=O)OCC(=O)N(C)Cc3ccc(C)o3)c(C)c2c1. The molecule has 0 spiro atoms. The van der Waals surface area contributed by atoms with Gasteiger partial charge in [-0.1, -0.05) is 0 Å². The van der Waals surface area contributed by atoms with Gasteiger partial charge in [-0.2, -0.15) is 0 Å². The molecular weight excluding hydrogens is 362 g/mol. The predicted octanol–water partition coefficient (Wildman–Crippen LogP) is 3.86. The van der Waals surface area contributed by atoms with Crippen molar-refractivity contribution in [3.05, 3.63) is 53.2 Å². The van der Waals surface area contributed by atoms with Crippen molar-refractivity contribution in [1.82, 2.24) is 4.90 Å². The van der Waals surface area contributed by atoms with E-state index in [1.165, 1.54) is 4.90 Å². The molecule has 7 heteroatoms. The van der Waals surface area contributed by atoms with Crippen LogP contribution in [-0.2, 0) is 16.1 Å². The average molecular weight is 385 g/mol. The summed E-state index contributed by atoms with van der Waals surface area (Å²) in [5.74, 6) is 1.20. The van der Waals surface area contributed by atoms with Gasteiger partial charge in [-0.25, -0.2) is 4.79 Å². The minimum Gasteiger partial charge on any atom is -0.494 e. The Hall–Kier alpha value is -3.22. The maximum absolute atomic E-state index is 12.4. The summed E-state index contributed by atoms with van der Waals surface area (Å²) >= 11 is 0. The van der Waals surface area contributed by atoms with Crippen LogP contribution in [0.1, 0.15) is 34.6 Å². The largest absolute Gasteiger partial charge is 0.494 e. The first kappa shape index (κ1) is 19.5. The molecule has 0 saturated carbocycles. The Bertz CT molecular complexity index is 1000. The van der Waals surface area contributed by atoms with E-state index in [9.17, 15) is 9.59 Å². The molecule has 0 aliphatic carbocycles. The Labute approximate surface area is 162 Å². The number of carbonyl (C=O) groups is 2. The zero-order valence-corrected chi connectivity index (χ0v) is 16.4. The lowest BCUT2D eigenvalue weighted by molar-refractivity contribution is -0.134. The minimum atomic E-state index is -0.678. The fourth-order valence-electron chi connectivity index (χ4n) is 2.85. The number of esters is 1. The second-order valence-corrected chi connectivity index (χ2v) is 6.49. The second kappa shape index (κ2) is 8.21. The Morgan fingerprint density at radius 2 is 1.89 bits per heavy atom. The van der Waals surface area contributed by atoms with Gasteiger partial charge < -0.3 is 23.2 Å². The van der Waals surface area contributed by atoms with Gasteiger partial charge in [0.15, 0.2) is 6.61 Å². The lowest BCUT2D eigenvalue weighted by atomic mass is 10.1. The van der Waals surface area contributed by atoms with Gasteiger partial charge in [-0.15, -0.1) is 0 Å². The smallest absolute Gasteiger partial charge is 0.375 e. The Morgan fingerprint density at radius 1 is 1.11 bits per heavy atom. The Kier molecular flexibility index (Phi) is 5.73. The molecule has 148 valence electrons. The molecule has 0 unspecified atom stereocenters. The van der Waals surface area contributed by atoms with E-state index < -0.39 is 5.97 Å². The van der Waals surface area contributed by atoms with Crippen LogP contribution in [0.5, 0.6) is 5.75 Å². The first-order valence-electron chi connectivity index (χ1n) is 9.01. The molecular formula is C21H23NO6. The summed E-state index contributed by atoms with van der Waals surface area (Å²) in [6.45, 7) is 5.97. The van der Waals surface area contributed by atoms with Crippen LogP contribution in [0.4, 0.5) is 0 Å². The zero-order chi connectivity index (χ0) is 20.3. The van der Waals surface area contributed by atoms with Crippen molar-refractivity contribution < 1.29 is 27.9 Å². The van der Waals surface area contributed by atoms with Crippen molar-refractivity contribution in [2.24, 2.45) is 0 Å². The predicted molar refractivity (Wildman–Crippen MR) is 102 cm³/mol. The third-order valence-electron chi connectivity index (χ3n) is 4.35. The number of nitrogens with zero attached hydrogens (tertiary/aromatic N) is 1. The summed E-state index contributed by atoms with van der Waals surface area (Å²) in [6, 6.07) is 8.97. The van der Waals surface area contributed by atoms with Gasteiger partial charge in [-0.3, -0.25) is 4.79 Å². The van der Waals surface area contributed by atoms with Gasteiger partial charge >= 0.3 is 5.97 Å². The topological polar surface area (TPSA) is 82.1 Å². The molecule has 0 N–H and O–H groups in total. The van der Waals surface area contributed by atoms with Crippen LogP contribution in [-0.4, -0.2) is 37.0 Å². The summed E-state index contributed by atoms with van der Waals surface area (Å²) in [7, 11) is 1.62. The monoisotopic (exact) mass is 385 g/mol. The van der Waals surface area contributed by atoms with Gasteiger partial charge in [0.2, 0.25) is 5.76 Å². The highest BCUT2D eigenvalue weighted by atomic mass is 16.5. The van der Waals surface area contributed by atoms with Gasteiger partial charge in [-0.05, 0) is 51.1 Å². The standard InChI is InChI=1S/C21H23NO6/c1-5-25-15-8-9-18-17(10-15)14(3)20(28-18)21(24)26-12-19(23)22(4)11-16-7-6-13(2)27-16/h6-10H,5,11-12H2,1-4H3. The second-order valence-electron chi connectivity index (χ2n) is 6.49. The van der Waals surface area contributed by atoms with Gasteiger partial charge in [0.05, 0.1) is 13.2 Å². The third kappa shape index (κ3) is 4.19. The number of hydrogen-bond donors (Lipinski definition) is 0. The molecule has 1 amide bonds. The molecule has 0 atom stereocenters. The number of likely N-dealkylation sites (N-methyl/N-ethyl adjacent to an activating group) is 1. The summed E-state index contributed by atoms with van der Waals surface area (Å²) < 4.78 is 21.7. The van der Waals surface area contributed by atoms with E-state index in [0.29, 0.717) is 35.8 Å². The highest BCUT2D eigenvalue weighted by Gasteiger charge is 2.21. The molecule has 1 aromatic carbocycles. The molecule has 2 heterocycles. The van der Waals surface area contributed by atoms with E-state index in [1.54, 1.807) is 32.2 Å². The summed E-state index contributed by atoms with van der Waals surface area (Å²) in [5.41, 5.74) is 1.21. The molecule has 0 radical (unpaired) electrons. The average Bonchev–Trinajstić information content (AvgIpc) is 3.23. The fourth-order valence-corrected chi connectivity index (χ4v) is 2.85. The number of fused-ring (bicyclic) bond motifs is 1. The van der Waals surface area contributed by atoms with Crippen molar-refractivity contribution in [3.63, 3.8) is 0 Å². The van der Waals surface area contributed by atoms with Crippen molar-refractivity contribution >= 4 is 22.8 Å². The molecule has 0 aliphatic heterocycles. The molecule has 0 saturated heterocycles. The van der Waals surface area contributed by atoms with E-state index in [-0.39, 0.29) is 18.3 Å². The van der Waals surface area contributed by atoms with Gasteiger partial charge in [0.25, 0.3) is 5.91 Å². The normalized spacial score (nSPS) is 10.9. The Balaban J connectivity index is 1.64. The van der Waals surface area contributed by atoms with Crippen molar-refractivity contribution in [2.75, 3.05) is 20.3 Å². The fraction of sp³-hybridized carbons (Fsp3) is 0.333. The molecule has 3 aromatic rings. The van der Waals surface area contributed by atoms with E-state index >= 15 is 0 Å². The van der Waals surface area contributed by atoms with E-state index in [0.717, 1.165) is 11.1 Å². The molecule has 0 aliphatic rings. The van der Waals surface area contributed by atoms with Gasteiger partial charge in [0, 0.05) is 18.0 Å². The number of amides is 1. The number of aryl methyl sites for hydroxylation is 2. The molecule has 0 fully saturated rings. The molecule has 28 heavy (non-hydrogen) atoms. The number of benzene rings is 1. The lowest BCUT2D eigenvalue weighted by Gasteiger charge is -2.15. The number of ether oxygens (including phenoxy) is 2. The minimum absolute atomic E-state index is 0.0840. The van der Waals surface area contributed by atoms with Crippen LogP contribution in [0.25, 0.3) is 11.0 Å². The Morgan fingerprint density at radius 3 is 2.57 bits per heavy atom. The zero-order valence-electron chi connectivity index (χ0n) is 16.4. The van der Waals surface area contributed by atoms with Crippen LogP contribution >= 0.6 is 0 Å². The number of rotatable bonds is 7. The van der Waals surface area contributed by atoms with Crippen LogP contribution in [0.15, 0.2) is 39.2 Å². The number of hydrogen-bond acceptors (Lipinski definition) is 6. The summed E-state index contributed by atoms with van der Waals surface area (Å²) in [4.78, 5) is 26.1. The summed E-state index contributed by atoms with van der Waals surface area (Å²) in [6.07, 6.45) is 0. The van der Waals surface area contributed by atoms with E-state index in [1.807, 2.05) is 26.0 Å². The third-order valence-corrected chi connectivity index (χ3v) is 4.35. The maximum Gasteiger partial charge on any atom is 0.375 e.